The molecule has 0 radical (unpaired) electrons. The van der Waals surface area contributed by atoms with Crippen molar-refractivity contribution in [2.24, 2.45) is 5.73 Å². The molecule has 0 fully saturated rings. The molecule has 0 bridgehead atoms. The summed E-state index contributed by atoms with van der Waals surface area (Å²) in [4.78, 5) is 11.4. The topological polar surface area (TPSA) is 55.1 Å². The van der Waals surface area contributed by atoms with E-state index < -0.39 is 0 Å². The van der Waals surface area contributed by atoms with Gasteiger partial charge in [0.2, 0.25) is 5.91 Å². The van der Waals surface area contributed by atoms with Crippen molar-refractivity contribution in [3.63, 3.8) is 0 Å². The Labute approximate surface area is 107 Å². The van der Waals surface area contributed by atoms with Gasteiger partial charge in [-0.1, -0.05) is 45.4 Å². The quantitative estimate of drug-likeness (QED) is 0.517. The van der Waals surface area contributed by atoms with Crippen LogP contribution in [0.25, 0.3) is 0 Å². The van der Waals surface area contributed by atoms with Gasteiger partial charge in [-0.2, -0.15) is 0 Å². The van der Waals surface area contributed by atoms with Crippen molar-refractivity contribution in [1.82, 2.24) is 5.32 Å². The van der Waals surface area contributed by atoms with Crippen molar-refractivity contribution in [2.75, 3.05) is 13.1 Å². The summed E-state index contributed by atoms with van der Waals surface area (Å²) in [6, 6.07) is 0. The fourth-order valence-corrected chi connectivity index (χ4v) is 1.83. The molecule has 0 saturated carbocycles. The number of hydrogen-bond acceptors (Lipinski definition) is 2. The zero-order valence-corrected chi connectivity index (χ0v) is 11.5. The van der Waals surface area contributed by atoms with Crippen molar-refractivity contribution in [3.05, 3.63) is 0 Å². The molecule has 17 heavy (non-hydrogen) atoms. The van der Waals surface area contributed by atoms with Gasteiger partial charge in [0.05, 0.1) is 0 Å². The third-order valence-electron chi connectivity index (χ3n) is 2.96. The van der Waals surface area contributed by atoms with E-state index in [9.17, 15) is 4.79 Å². The molecule has 0 unspecified atom stereocenters. The maximum Gasteiger partial charge on any atom is 0.219 e. The molecule has 0 heterocycles. The van der Waals surface area contributed by atoms with Crippen LogP contribution in [-0.4, -0.2) is 19.0 Å². The summed E-state index contributed by atoms with van der Waals surface area (Å²) < 4.78 is 0. The van der Waals surface area contributed by atoms with E-state index in [2.05, 4.69) is 12.2 Å². The number of carbonyl (C=O) groups is 1. The van der Waals surface area contributed by atoms with Crippen LogP contribution in [-0.2, 0) is 4.79 Å². The number of unbranched alkanes of at least 4 members (excludes halogenated alkanes) is 7. The van der Waals surface area contributed by atoms with Crippen molar-refractivity contribution in [1.29, 1.82) is 0 Å². The predicted octanol–water partition coefficient (Wildman–Crippen LogP) is 2.98. The van der Waals surface area contributed by atoms with Gasteiger partial charge in [0, 0.05) is 13.0 Å². The van der Waals surface area contributed by atoms with E-state index in [1.54, 1.807) is 0 Å². The normalized spacial score (nSPS) is 10.5. The Morgan fingerprint density at radius 1 is 0.941 bits per heavy atom. The SMILES string of the molecule is CCCCCC(=O)NCCCCCCCCN. The molecule has 0 atom stereocenters. The van der Waals surface area contributed by atoms with Gasteiger partial charge in [0.1, 0.15) is 0 Å². The first-order valence-electron chi connectivity index (χ1n) is 7.28. The highest BCUT2D eigenvalue weighted by molar-refractivity contribution is 5.75. The first kappa shape index (κ1) is 16.4. The molecule has 0 aliphatic rings. The Kier molecular flexibility index (Phi) is 13.0. The van der Waals surface area contributed by atoms with Crippen LogP contribution >= 0.6 is 0 Å². The van der Waals surface area contributed by atoms with Gasteiger partial charge in [-0.15, -0.1) is 0 Å². The third-order valence-corrected chi connectivity index (χ3v) is 2.96. The number of carbonyl (C=O) groups excluding carboxylic acids is 1. The van der Waals surface area contributed by atoms with E-state index in [0.29, 0.717) is 6.42 Å². The zero-order valence-electron chi connectivity index (χ0n) is 11.5. The lowest BCUT2D eigenvalue weighted by Gasteiger charge is -2.05. The molecule has 0 aromatic carbocycles. The lowest BCUT2D eigenvalue weighted by Crippen LogP contribution is -2.23. The van der Waals surface area contributed by atoms with E-state index in [1.165, 1.54) is 32.1 Å². The van der Waals surface area contributed by atoms with Gasteiger partial charge < -0.3 is 11.1 Å². The fraction of sp³-hybridized carbons (Fsp3) is 0.929. The molecular weight excluding hydrogens is 212 g/mol. The highest BCUT2D eigenvalue weighted by atomic mass is 16.1. The van der Waals surface area contributed by atoms with Crippen molar-refractivity contribution < 1.29 is 4.79 Å². The molecule has 0 spiro atoms. The van der Waals surface area contributed by atoms with Gasteiger partial charge in [0.25, 0.3) is 0 Å². The summed E-state index contributed by atoms with van der Waals surface area (Å²) in [6.07, 6.45) is 11.3. The van der Waals surface area contributed by atoms with Crippen molar-refractivity contribution in [2.45, 2.75) is 71.1 Å². The maximum atomic E-state index is 11.4. The molecule has 3 nitrogen and oxygen atoms in total. The van der Waals surface area contributed by atoms with E-state index in [0.717, 1.165) is 38.8 Å². The number of rotatable bonds is 12. The molecule has 3 N–H and O–H groups in total. The van der Waals surface area contributed by atoms with Crippen LogP contribution < -0.4 is 11.1 Å². The summed E-state index contributed by atoms with van der Waals surface area (Å²) >= 11 is 0. The second-order valence-corrected chi connectivity index (χ2v) is 4.72. The Morgan fingerprint density at radius 2 is 1.59 bits per heavy atom. The number of hydrogen-bond donors (Lipinski definition) is 2. The lowest BCUT2D eigenvalue weighted by molar-refractivity contribution is -0.121. The second kappa shape index (κ2) is 13.5. The van der Waals surface area contributed by atoms with Crippen molar-refractivity contribution >= 4 is 5.91 Å². The average molecular weight is 242 g/mol. The molecule has 0 aromatic heterocycles. The number of amides is 1. The maximum absolute atomic E-state index is 11.4. The summed E-state index contributed by atoms with van der Waals surface area (Å²) in [5.41, 5.74) is 5.43. The van der Waals surface area contributed by atoms with Gasteiger partial charge in [-0.05, 0) is 25.8 Å². The van der Waals surface area contributed by atoms with Gasteiger partial charge in [0.15, 0.2) is 0 Å². The highest BCUT2D eigenvalue weighted by Gasteiger charge is 1.99. The van der Waals surface area contributed by atoms with Crippen LogP contribution in [0.5, 0.6) is 0 Å². The third kappa shape index (κ3) is 13.4. The zero-order chi connectivity index (χ0) is 12.8. The van der Waals surface area contributed by atoms with Crippen LogP contribution in [0.1, 0.15) is 71.1 Å². The number of nitrogens with two attached hydrogens (primary N) is 1. The Bertz CT molecular complexity index is 172. The highest BCUT2D eigenvalue weighted by Crippen LogP contribution is 2.04. The standard InChI is InChI=1S/C14H30N2O/c1-2-3-8-11-14(17)16-13-10-7-5-4-6-9-12-15/h2-13,15H2,1H3,(H,16,17). The predicted molar refractivity (Wildman–Crippen MR) is 73.9 cm³/mol. The first-order chi connectivity index (χ1) is 8.31. The minimum absolute atomic E-state index is 0.224. The second-order valence-electron chi connectivity index (χ2n) is 4.72. The summed E-state index contributed by atoms with van der Waals surface area (Å²) in [5, 5.41) is 2.98. The molecule has 0 aromatic rings. The molecule has 3 heteroatoms. The Morgan fingerprint density at radius 3 is 2.24 bits per heavy atom. The van der Waals surface area contributed by atoms with Crippen LogP contribution in [0.4, 0.5) is 0 Å². The average Bonchev–Trinajstić information content (AvgIpc) is 2.33. The Hall–Kier alpha value is -0.570. The fourth-order valence-electron chi connectivity index (χ4n) is 1.83. The Balaban J connectivity index is 3.08. The lowest BCUT2D eigenvalue weighted by atomic mass is 10.1. The largest absolute Gasteiger partial charge is 0.356 e. The summed E-state index contributed by atoms with van der Waals surface area (Å²) in [6.45, 7) is 3.82. The molecule has 0 rings (SSSR count). The smallest absolute Gasteiger partial charge is 0.219 e. The van der Waals surface area contributed by atoms with Gasteiger partial charge in [-0.3, -0.25) is 4.79 Å². The van der Waals surface area contributed by atoms with Crippen LogP contribution in [0.3, 0.4) is 0 Å². The van der Waals surface area contributed by atoms with E-state index in [4.69, 9.17) is 5.73 Å². The molecule has 0 aliphatic heterocycles. The monoisotopic (exact) mass is 242 g/mol. The van der Waals surface area contributed by atoms with E-state index in [1.807, 2.05) is 0 Å². The van der Waals surface area contributed by atoms with E-state index >= 15 is 0 Å². The minimum atomic E-state index is 0.224. The van der Waals surface area contributed by atoms with Crippen LogP contribution in [0.15, 0.2) is 0 Å². The minimum Gasteiger partial charge on any atom is -0.356 e. The van der Waals surface area contributed by atoms with E-state index in [-0.39, 0.29) is 5.91 Å². The van der Waals surface area contributed by atoms with Crippen molar-refractivity contribution in [3.8, 4) is 0 Å². The summed E-state index contributed by atoms with van der Waals surface area (Å²) in [5.74, 6) is 0.224. The molecule has 0 saturated heterocycles. The van der Waals surface area contributed by atoms with Crippen LogP contribution in [0, 0.1) is 0 Å². The molecule has 0 aliphatic carbocycles. The van der Waals surface area contributed by atoms with Crippen LogP contribution in [0.2, 0.25) is 0 Å². The number of nitrogens with one attached hydrogen (secondary N) is 1. The molecule has 102 valence electrons. The molecule has 1 amide bonds. The molecular formula is C14H30N2O. The first-order valence-corrected chi connectivity index (χ1v) is 7.28. The van der Waals surface area contributed by atoms with Gasteiger partial charge >= 0.3 is 0 Å². The van der Waals surface area contributed by atoms with Gasteiger partial charge in [-0.25, -0.2) is 0 Å². The summed E-state index contributed by atoms with van der Waals surface area (Å²) in [7, 11) is 0.